The van der Waals surface area contributed by atoms with E-state index in [9.17, 15) is 9.59 Å². The topological polar surface area (TPSA) is 101 Å². The molecule has 7 heteroatoms. The first-order chi connectivity index (χ1) is 10.4. The fourth-order valence-electron chi connectivity index (χ4n) is 2.07. The minimum atomic E-state index is -0.701. The lowest BCUT2D eigenvalue weighted by atomic mass is 10.2. The number of hydrogen-bond acceptors (Lipinski definition) is 3. The van der Waals surface area contributed by atoms with Crippen LogP contribution in [-0.2, 0) is 11.3 Å². The number of rotatable bonds is 4. The average molecular weight is 319 g/mol. The normalized spacial score (nSPS) is 10.3. The van der Waals surface area contributed by atoms with E-state index in [1.165, 1.54) is 17.6 Å². The Balaban J connectivity index is 2.37. The molecule has 114 valence electrons. The maximum Gasteiger partial charge on any atom is 0.252 e. The number of pyridine rings is 1. The van der Waals surface area contributed by atoms with Gasteiger partial charge in [0.1, 0.15) is 5.49 Å². The van der Waals surface area contributed by atoms with E-state index in [-0.39, 0.29) is 17.0 Å². The summed E-state index contributed by atoms with van der Waals surface area (Å²) in [4.78, 5) is 22.4. The number of halogens is 1. The number of nitrogens with two attached hydrogens (primary N) is 1. The Morgan fingerprint density at radius 2 is 2.09 bits per heavy atom. The quantitative estimate of drug-likeness (QED) is 0.799. The van der Waals surface area contributed by atoms with Crippen LogP contribution in [0.5, 0.6) is 0 Å². The molecule has 0 spiro atoms. The number of nitrogens with zero attached hydrogens (tertiary/aromatic N) is 1. The van der Waals surface area contributed by atoms with E-state index in [0.717, 1.165) is 5.56 Å². The molecule has 0 aliphatic rings. The zero-order chi connectivity index (χ0) is 16.3. The van der Waals surface area contributed by atoms with Crippen LogP contribution >= 0.6 is 11.6 Å². The van der Waals surface area contributed by atoms with Gasteiger partial charge in [-0.1, -0.05) is 23.7 Å². The molecule has 2 rings (SSSR count). The van der Waals surface area contributed by atoms with Crippen LogP contribution < -0.4 is 16.5 Å². The van der Waals surface area contributed by atoms with Crippen molar-refractivity contribution in [3.63, 3.8) is 0 Å². The molecule has 1 aromatic heterocycles. The van der Waals surface area contributed by atoms with Gasteiger partial charge in [0.2, 0.25) is 5.91 Å². The molecular weight excluding hydrogens is 304 g/mol. The van der Waals surface area contributed by atoms with Gasteiger partial charge in [0.25, 0.3) is 5.91 Å². The number of anilines is 1. The van der Waals surface area contributed by atoms with Gasteiger partial charge in [-0.3, -0.25) is 15.0 Å². The minimum Gasteiger partial charge on any atom is -0.365 e. The molecule has 0 atom stereocenters. The number of amides is 2. The second kappa shape index (κ2) is 6.44. The number of carbonyl (C=O) groups is 2. The maximum atomic E-state index is 11.3. The summed E-state index contributed by atoms with van der Waals surface area (Å²) < 4.78 is 1.52. The molecule has 2 aromatic rings. The highest BCUT2D eigenvalue weighted by atomic mass is 35.5. The van der Waals surface area contributed by atoms with Crippen LogP contribution in [0.2, 0.25) is 5.02 Å². The van der Waals surface area contributed by atoms with Gasteiger partial charge in [-0.2, -0.15) is 0 Å². The molecule has 0 saturated heterocycles. The highest BCUT2D eigenvalue weighted by Gasteiger charge is 2.09. The van der Waals surface area contributed by atoms with Crippen molar-refractivity contribution in [1.82, 2.24) is 4.57 Å². The SMILES string of the molecule is CC(=O)Nc1cccc(Cn2cc(Cl)cc(C(N)=O)c2=N)c1. The first kappa shape index (κ1) is 15.8. The largest absolute Gasteiger partial charge is 0.365 e. The van der Waals surface area contributed by atoms with Crippen molar-refractivity contribution in [2.24, 2.45) is 5.73 Å². The summed E-state index contributed by atoms with van der Waals surface area (Å²) in [5.41, 5.74) is 6.81. The summed E-state index contributed by atoms with van der Waals surface area (Å²) in [6.45, 7) is 1.76. The van der Waals surface area contributed by atoms with Crippen molar-refractivity contribution in [3.8, 4) is 0 Å². The smallest absolute Gasteiger partial charge is 0.252 e. The molecule has 1 heterocycles. The predicted molar refractivity (Wildman–Crippen MR) is 83.7 cm³/mol. The molecule has 0 fully saturated rings. The van der Waals surface area contributed by atoms with Crippen molar-refractivity contribution in [2.45, 2.75) is 13.5 Å². The summed E-state index contributed by atoms with van der Waals surface area (Å²) in [6.07, 6.45) is 1.56. The Kier molecular flexibility index (Phi) is 4.62. The lowest BCUT2D eigenvalue weighted by Gasteiger charge is -2.11. The van der Waals surface area contributed by atoms with Crippen LogP contribution in [0.3, 0.4) is 0 Å². The first-order valence-electron chi connectivity index (χ1n) is 6.47. The number of primary amides is 1. The molecular formula is C15H15ClN4O2. The minimum absolute atomic E-state index is 0.0122. The van der Waals surface area contributed by atoms with E-state index in [2.05, 4.69) is 5.32 Å². The van der Waals surface area contributed by atoms with Crippen LogP contribution in [0.4, 0.5) is 5.69 Å². The number of hydrogen-bond donors (Lipinski definition) is 3. The average Bonchev–Trinajstić information content (AvgIpc) is 2.42. The number of nitrogens with one attached hydrogen (secondary N) is 2. The molecule has 1 aromatic carbocycles. The summed E-state index contributed by atoms with van der Waals surface area (Å²) >= 11 is 5.96. The van der Waals surface area contributed by atoms with E-state index < -0.39 is 5.91 Å². The molecule has 0 saturated carbocycles. The Morgan fingerprint density at radius 1 is 1.36 bits per heavy atom. The third kappa shape index (κ3) is 3.73. The standard InChI is InChI=1S/C15H15ClN4O2/c1-9(21)19-12-4-2-3-10(5-12)7-20-8-11(16)6-13(14(20)17)15(18)22/h2-6,8,17H,7H2,1H3,(H2,18,22)(H,19,21). The molecule has 0 aliphatic heterocycles. The van der Waals surface area contributed by atoms with Gasteiger partial charge in [-0.15, -0.1) is 0 Å². The molecule has 0 aliphatic carbocycles. The van der Waals surface area contributed by atoms with Gasteiger partial charge >= 0.3 is 0 Å². The van der Waals surface area contributed by atoms with Crippen molar-refractivity contribution >= 4 is 29.1 Å². The molecule has 22 heavy (non-hydrogen) atoms. The van der Waals surface area contributed by atoms with Gasteiger partial charge in [-0.25, -0.2) is 0 Å². The van der Waals surface area contributed by atoms with E-state index >= 15 is 0 Å². The van der Waals surface area contributed by atoms with E-state index in [1.807, 2.05) is 6.07 Å². The molecule has 0 radical (unpaired) electrons. The first-order valence-corrected chi connectivity index (χ1v) is 6.85. The highest BCUT2D eigenvalue weighted by molar-refractivity contribution is 6.30. The third-order valence-electron chi connectivity index (χ3n) is 2.97. The van der Waals surface area contributed by atoms with E-state index in [0.29, 0.717) is 17.3 Å². The molecule has 2 amide bonds. The molecule has 0 unspecified atom stereocenters. The second-order valence-corrected chi connectivity index (χ2v) is 5.23. The van der Waals surface area contributed by atoms with Crippen molar-refractivity contribution in [1.29, 1.82) is 5.41 Å². The molecule has 4 N–H and O–H groups in total. The van der Waals surface area contributed by atoms with Crippen molar-refractivity contribution in [2.75, 3.05) is 5.32 Å². The number of aromatic nitrogens is 1. The Labute approximate surface area is 132 Å². The van der Waals surface area contributed by atoms with Crippen LogP contribution in [-0.4, -0.2) is 16.4 Å². The molecule has 6 nitrogen and oxygen atoms in total. The summed E-state index contributed by atoms with van der Waals surface area (Å²) in [6, 6.07) is 8.58. The second-order valence-electron chi connectivity index (χ2n) is 4.79. The fourth-order valence-corrected chi connectivity index (χ4v) is 2.30. The third-order valence-corrected chi connectivity index (χ3v) is 3.18. The van der Waals surface area contributed by atoms with Gasteiger partial charge in [0.15, 0.2) is 0 Å². The summed E-state index contributed by atoms with van der Waals surface area (Å²) in [5, 5.41) is 11.0. The summed E-state index contributed by atoms with van der Waals surface area (Å²) in [5.74, 6) is -0.863. The fraction of sp³-hybridized carbons (Fsp3) is 0.133. The number of benzene rings is 1. The lowest BCUT2D eigenvalue weighted by molar-refractivity contribution is -0.114. The monoisotopic (exact) mass is 318 g/mol. The van der Waals surface area contributed by atoms with Crippen molar-refractivity contribution < 1.29 is 9.59 Å². The highest BCUT2D eigenvalue weighted by Crippen LogP contribution is 2.13. The number of carbonyl (C=O) groups excluding carboxylic acids is 2. The van der Waals surface area contributed by atoms with Gasteiger partial charge in [0.05, 0.1) is 10.6 Å². The van der Waals surface area contributed by atoms with Crippen molar-refractivity contribution in [3.05, 3.63) is 58.2 Å². The maximum absolute atomic E-state index is 11.3. The van der Waals surface area contributed by atoms with E-state index in [4.69, 9.17) is 22.7 Å². The zero-order valence-electron chi connectivity index (χ0n) is 11.9. The van der Waals surface area contributed by atoms with E-state index in [1.54, 1.807) is 24.4 Å². The lowest BCUT2D eigenvalue weighted by Crippen LogP contribution is -2.29. The Hall–Kier alpha value is -2.60. The van der Waals surface area contributed by atoms with Crippen LogP contribution in [0.25, 0.3) is 0 Å². The summed E-state index contributed by atoms with van der Waals surface area (Å²) in [7, 11) is 0. The zero-order valence-corrected chi connectivity index (χ0v) is 12.6. The van der Waals surface area contributed by atoms with Crippen LogP contribution in [0.15, 0.2) is 36.5 Å². The van der Waals surface area contributed by atoms with Crippen LogP contribution in [0.1, 0.15) is 22.8 Å². The predicted octanol–water partition coefficient (Wildman–Crippen LogP) is 1.73. The van der Waals surface area contributed by atoms with Crippen LogP contribution in [0, 0.1) is 5.41 Å². The van der Waals surface area contributed by atoms with Gasteiger partial charge in [0, 0.05) is 25.4 Å². The van der Waals surface area contributed by atoms with Gasteiger partial charge < -0.3 is 15.6 Å². The molecule has 0 bridgehead atoms. The van der Waals surface area contributed by atoms with Gasteiger partial charge in [-0.05, 0) is 23.8 Å². The Morgan fingerprint density at radius 3 is 2.73 bits per heavy atom. The Bertz CT molecular complexity index is 798.